The highest BCUT2D eigenvalue weighted by Gasteiger charge is 2.17. The van der Waals surface area contributed by atoms with Gasteiger partial charge in [-0.25, -0.2) is 0 Å². The zero-order valence-electron chi connectivity index (χ0n) is 11.1. The minimum absolute atomic E-state index is 0.447. The number of rotatable bonds is 9. The average molecular weight is 244 g/mol. The van der Waals surface area contributed by atoms with Gasteiger partial charge in [0.05, 0.1) is 13.2 Å². The van der Waals surface area contributed by atoms with Crippen molar-refractivity contribution in [3.05, 3.63) is 0 Å². The minimum atomic E-state index is 0.447. The zero-order chi connectivity index (χ0) is 12.3. The molecule has 1 aliphatic carbocycles. The van der Waals surface area contributed by atoms with Crippen molar-refractivity contribution in [2.45, 2.75) is 50.6 Å². The van der Waals surface area contributed by atoms with Crippen LogP contribution >= 0.6 is 0 Å². The maximum Gasteiger partial charge on any atom is 0.0700 e. The molecule has 1 fully saturated rings. The Balaban J connectivity index is 1.81. The number of unbranched alkanes of at least 4 members (excludes halogenated alkanes) is 1. The maximum atomic E-state index is 5.88. The molecule has 1 aliphatic rings. The number of nitrogens with one attached hydrogen (secondary N) is 1. The van der Waals surface area contributed by atoms with E-state index in [9.17, 15) is 0 Å². The van der Waals surface area contributed by atoms with Gasteiger partial charge in [0, 0.05) is 25.8 Å². The van der Waals surface area contributed by atoms with Crippen molar-refractivity contribution in [3.8, 4) is 0 Å². The molecule has 0 aromatic heterocycles. The van der Waals surface area contributed by atoms with Crippen LogP contribution in [-0.4, -0.2) is 45.6 Å². The van der Waals surface area contributed by atoms with Crippen LogP contribution in [0.5, 0.6) is 0 Å². The first-order chi connectivity index (χ1) is 8.33. The summed E-state index contributed by atoms with van der Waals surface area (Å²) in [7, 11) is 1.70. The Morgan fingerprint density at radius 3 is 2.53 bits per heavy atom. The van der Waals surface area contributed by atoms with Gasteiger partial charge in [-0.3, -0.25) is 0 Å². The summed E-state index contributed by atoms with van der Waals surface area (Å²) in [6.45, 7) is 3.36. The summed E-state index contributed by atoms with van der Waals surface area (Å²) in [5, 5.41) is 3.61. The molecule has 0 radical (unpaired) electrons. The SMILES string of the molecule is COCCOCCCCNC1CCC(N)CC1. The lowest BCUT2D eigenvalue weighted by Gasteiger charge is -2.26. The van der Waals surface area contributed by atoms with E-state index >= 15 is 0 Å². The molecule has 102 valence electrons. The molecule has 0 aromatic rings. The molecular formula is C13H28N2O2. The third kappa shape index (κ3) is 7.71. The van der Waals surface area contributed by atoms with Crippen LogP contribution in [0, 0.1) is 0 Å². The molecular weight excluding hydrogens is 216 g/mol. The predicted molar refractivity (Wildman–Crippen MR) is 70.2 cm³/mol. The fraction of sp³-hybridized carbons (Fsp3) is 1.00. The minimum Gasteiger partial charge on any atom is -0.382 e. The van der Waals surface area contributed by atoms with Gasteiger partial charge in [0.15, 0.2) is 0 Å². The van der Waals surface area contributed by atoms with Crippen LogP contribution in [0.2, 0.25) is 0 Å². The normalized spacial score (nSPS) is 25.1. The summed E-state index contributed by atoms with van der Waals surface area (Å²) in [6, 6.07) is 1.14. The second kappa shape index (κ2) is 9.83. The monoisotopic (exact) mass is 244 g/mol. The standard InChI is InChI=1S/C13H28N2O2/c1-16-10-11-17-9-3-2-8-15-13-6-4-12(14)5-7-13/h12-13,15H,2-11,14H2,1H3. The van der Waals surface area contributed by atoms with Crippen molar-refractivity contribution in [2.75, 3.05) is 33.5 Å². The second-order valence-corrected chi connectivity index (χ2v) is 4.88. The molecule has 4 heteroatoms. The summed E-state index contributed by atoms with van der Waals surface area (Å²) >= 11 is 0. The fourth-order valence-corrected chi connectivity index (χ4v) is 2.20. The van der Waals surface area contributed by atoms with Crippen LogP contribution in [0.3, 0.4) is 0 Å². The molecule has 17 heavy (non-hydrogen) atoms. The molecule has 0 amide bonds. The summed E-state index contributed by atoms with van der Waals surface area (Å²) in [5.74, 6) is 0. The largest absolute Gasteiger partial charge is 0.382 e. The van der Waals surface area contributed by atoms with E-state index in [1.807, 2.05) is 0 Å². The van der Waals surface area contributed by atoms with Crippen molar-refractivity contribution in [1.29, 1.82) is 0 Å². The van der Waals surface area contributed by atoms with Crippen molar-refractivity contribution in [2.24, 2.45) is 5.73 Å². The molecule has 0 aliphatic heterocycles. The Bertz CT molecular complexity index is 171. The van der Waals surface area contributed by atoms with Crippen LogP contribution in [0.1, 0.15) is 38.5 Å². The lowest BCUT2D eigenvalue weighted by molar-refractivity contribution is 0.0687. The number of hydrogen-bond acceptors (Lipinski definition) is 4. The van der Waals surface area contributed by atoms with Gasteiger partial charge < -0.3 is 20.5 Å². The Morgan fingerprint density at radius 2 is 1.82 bits per heavy atom. The van der Waals surface area contributed by atoms with Gasteiger partial charge in [0.1, 0.15) is 0 Å². The molecule has 4 nitrogen and oxygen atoms in total. The van der Waals surface area contributed by atoms with Crippen LogP contribution in [0.4, 0.5) is 0 Å². The second-order valence-electron chi connectivity index (χ2n) is 4.88. The molecule has 0 heterocycles. The predicted octanol–water partition coefficient (Wildman–Crippen LogP) is 1.29. The Labute approximate surface area is 105 Å². The smallest absolute Gasteiger partial charge is 0.0700 e. The first-order valence-electron chi connectivity index (χ1n) is 6.88. The summed E-state index contributed by atoms with van der Waals surface area (Å²) in [6.07, 6.45) is 7.16. The number of ether oxygens (including phenoxy) is 2. The van der Waals surface area contributed by atoms with Gasteiger partial charge in [0.25, 0.3) is 0 Å². The quantitative estimate of drug-likeness (QED) is 0.600. The van der Waals surface area contributed by atoms with E-state index in [0.29, 0.717) is 25.3 Å². The van der Waals surface area contributed by atoms with Crippen molar-refractivity contribution < 1.29 is 9.47 Å². The fourth-order valence-electron chi connectivity index (χ4n) is 2.20. The van der Waals surface area contributed by atoms with Gasteiger partial charge in [-0.2, -0.15) is 0 Å². The summed E-state index contributed by atoms with van der Waals surface area (Å²) in [5.41, 5.74) is 5.88. The topological polar surface area (TPSA) is 56.5 Å². The van der Waals surface area contributed by atoms with Crippen LogP contribution in [0.25, 0.3) is 0 Å². The van der Waals surface area contributed by atoms with E-state index in [-0.39, 0.29) is 0 Å². The first kappa shape index (κ1) is 14.9. The molecule has 0 atom stereocenters. The van der Waals surface area contributed by atoms with Crippen LogP contribution in [-0.2, 0) is 9.47 Å². The average Bonchev–Trinajstić information content (AvgIpc) is 2.35. The number of nitrogens with two attached hydrogens (primary N) is 1. The number of methoxy groups -OCH3 is 1. The van der Waals surface area contributed by atoms with Gasteiger partial charge >= 0.3 is 0 Å². The van der Waals surface area contributed by atoms with E-state index in [2.05, 4.69) is 5.32 Å². The third-order valence-corrected chi connectivity index (χ3v) is 3.35. The van der Waals surface area contributed by atoms with Gasteiger partial charge in [-0.1, -0.05) is 0 Å². The molecule has 0 saturated heterocycles. The summed E-state index contributed by atoms with van der Waals surface area (Å²) in [4.78, 5) is 0. The Kier molecular flexibility index (Phi) is 8.61. The van der Waals surface area contributed by atoms with Gasteiger partial charge in [-0.15, -0.1) is 0 Å². The summed E-state index contributed by atoms with van der Waals surface area (Å²) < 4.78 is 10.3. The van der Waals surface area contributed by atoms with Gasteiger partial charge in [-0.05, 0) is 45.1 Å². The van der Waals surface area contributed by atoms with E-state index < -0.39 is 0 Å². The third-order valence-electron chi connectivity index (χ3n) is 3.35. The Hall–Kier alpha value is -0.160. The first-order valence-corrected chi connectivity index (χ1v) is 6.88. The highest BCUT2D eigenvalue weighted by molar-refractivity contribution is 4.78. The van der Waals surface area contributed by atoms with Crippen LogP contribution < -0.4 is 11.1 Å². The van der Waals surface area contributed by atoms with Crippen LogP contribution in [0.15, 0.2) is 0 Å². The Morgan fingerprint density at radius 1 is 1.06 bits per heavy atom. The zero-order valence-corrected chi connectivity index (χ0v) is 11.1. The lowest BCUT2D eigenvalue weighted by Crippen LogP contribution is -2.37. The van der Waals surface area contributed by atoms with E-state index in [0.717, 1.165) is 19.6 Å². The molecule has 3 N–H and O–H groups in total. The maximum absolute atomic E-state index is 5.88. The molecule has 1 rings (SSSR count). The van der Waals surface area contributed by atoms with Gasteiger partial charge in [0.2, 0.25) is 0 Å². The number of hydrogen-bond donors (Lipinski definition) is 2. The molecule has 0 bridgehead atoms. The highest BCUT2D eigenvalue weighted by Crippen LogP contribution is 2.16. The molecule has 1 saturated carbocycles. The van der Waals surface area contributed by atoms with E-state index in [4.69, 9.17) is 15.2 Å². The molecule has 0 unspecified atom stereocenters. The van der Waals surface area contributed by atoms with E-state index in [1.54, 1.807) is 7.11 Å². The van der Waals surface area contributed by atoms with E-state index in [1.165, 1.54) is 32.1 Å². The lowest BCUT2D eigenvalue weighted by atomic mass is 9.92. The highest BCUT2D eigenvalue weighted by atomic mass is 16.5. The molecule has 0 spiro atoms. The molecule has 0 aromatic carbocycles. The van der Waals surface area contributed by atoms with Crippen molar-refractivity contribution in [1.82, 2.24) is 5.32 Å². The van der Waals surface area contributed by atoms with Crippen molar-refractivity contribution >= 4 is 0 Å². The van der Waals surface area contributed by atoms with Crippen molar-refractivity contribution in [3.63, 3.8) is 0 Å².